The number of likely N-dealkylation sites (N-methyl/N-ethyl adjacent to an activating group) is 1. The van der Waals surface area contributed by atoms with Crippen LogP contribution in [0.1, 0.15) is 6.92 Å². The molecule has 0 fully saturated rings. The molecule has 0 saturated carbocycles. The zero-order valence-corrected chi connectivity index (χ0v) is 8.16. The van der Waals surface area contributed by atoms with Gasteiger partial charge in [0.25, 0.3) is 0 Å². The van der Waals surface area contributed by atoms with E-state index < -0.39 is 0 Å². The van der Waals surface area contributed by atoms with Gasteiger partial charge in [0.1, 0.15) is 12.4 Å². The van der Waals surface area contributed by atoms with Crippen LogP contribution in [0.4, 0.5) is 11.4 Å². The fraction of sp³-hybridized carbons (Fsp3) is 0.364. The van der Waals surface area contributed by atoms with Crippen molar-refractivity contribution in [2.75, 3.05) is 24.6 Å². The average molecular weight is 188 g/mol. The Morgan fingerprint density at radius 1 is 1.57 bits per heavy atom. The summed E-state index contributed by atoms with van der Waals surface area (Å²) in [7, 11) is 0. The number of hydrogen-bond acceptors (Lipinski definition) is 2. The first-order valence-electron chi connectivity index (χ1n) is 4.74. The van der Waals surface area contributed by atoms with E-state index in [2.05, 4.69) is 16.7 Å². The summed E-state index contributed by atoms with van der Waals surface area (Å²) in [5.74, 6) is 0.839. The molecule has 3 heteroatoms. The van der Waals surface area contributed by atoms with E-state index in [9.17, 15) is 0 Å². The topological polar surface area (TPSA) is 16.8 Å². The van der Waals surface area contributed by atoms with Gasteiger partial charge in [0.2, 0.25) is 0 Å². The molecule has 0 spiro atoms. The quantitative estimate of drug-likeness (QED) is 0.629. The lowest BCUT2D eigenvalue weighted by Crippen LogP contribution is -2.32. The second kappa shape index (κ2) is 3.59. The highest BCUT2D eigenvalue weighted by molar-refractivity contribution is 5.66. The van der Waals surface area contributed by atoms with Crippen LogP contribution < -0.4 is 9.64 Å². The van der Waals surface area contributed by atoms with Gasteiger partial charge in [-0.15, -0.1) is 0 Å². The number of benzene rings is 1. The molecular weight excluding hydrogens is 176 g/mol. The molecule has 0 amide bonds. The normalized spacial score (nSPS) is 14.1. The summed E-state index contributed by atoms with van der Waals surface area (Å²) in [5.41, 5.74) is 1.74. The predicted octanol–water partition coefficient (Wildman–Crippen LogP) is 2.46. The van der Waals surface area contributed by atoms with Gasteiger partial charge >= 0.3 is 0 Å². The molecule has 0 bridgehead atoms. The molecule has 0 unspecified atom stereocenters. The van der Waals surface area contributed by atoms with E-state index in [0.717, 1.165) is 24.5 Å². The minimum absolute atomic E-state index is 0.640. The van der Waals surface area contributed by atoms with Gasteiger partial charge in [-0.2, -0.15) is 0 Å². The van der Waals surface area contributed by atoms with E-state index in [1.165, 1.54) is 0 Å². The molecule has 0 atom stereocenters. The Morgan fingerprint density at radius 2 is 2.43 bits per heavy atom. The van der Waals surface area contributed by atoms with Gasteiger partial charge in [-0.3, -0.25) is 0 Å². The van der Waals surface area contributed by atoms with E-state index in [0.29, 0.717) is 12.3 Å². The minimum atomic E-state index is 0.640. The lowest BCUT2D eigenvalue weighted by molar-refractivity contribution is 0.308. The van der Waals surface area contributed by atoms with Crippen molar-refractivity contribution in [3.05, 3.63) is 29.6 Å². The van der Waals surface area contributed by atoms with E-state index in [1.807, 2.05) is 18.2 Å². The summed E-state index contributed by atoms with van der Waals surface area (Å²) in [6, 6.07) is 5.61. The van der Waals surface area contributed by atoms with Crippen LogP contribution in [-0.2, 0) is 0 Å². The first kappa shape index (κ1) is 8.89. The van der Waals surface area contributed by atoms with E-state index in [-0.39, 0.29) is 0 Å². The van der Waals surface area contributed by atoms with Crippen molar-refractivity contribution in [3.63, 3.8) is 0 Å². The van der Waals surface area contributed by atoms with Crippen molar-refractivity contribution in [3.8, 4) is 5.75 Å². The summed E-state index contributed by atoms with van der Waals surface area (Å²) in [6.45, 7) is 11.7. The van der Waals surface area contributed by atoms with Crippen LogP contribution in [-0.4, -0.2) is 19.7 Å². The van der Waals surface area contributed by atoms with Crippen LogP contribution in [0.15, 0.2) is 18.2 Å². The Hall–Kier alpha value is -1.69. The maximum atomic E-state index is 6.91. The first-order chi connectivity index (χ1) is 6.85. The third-order valence-corrected chi connectivity index (χ3v) is 2.41. The second-order valence-electron chi connectivity index (χ2n) is 3.19. The smallest absolute Gasteiger partial charge is 0.191 e. The van der Waals surface area contributed by atoms with Gasteiger partial charge in [-0.05, 0) is 19.1 Å². The standard InChI is InChI=1S/C11H12N2O/c1-3-13-6-7-14-11-8-9(12-2)4-5-10(11)13/h4-5,8H,3,6-7H2,1H3. The third kappa shape index (κ3) is 1.39. The van der Waals surface area contributed by atoms with Crippen molar-refractivity contribution in [2.45, 2.75) is 6.92 Å². The first-order valence-corrected chi connectivity index (χ1v) is 4.74. The van der Waals surface area contributed by atoms with Gasteiger partial charge in [0.05, 0.1) is 18.8 Å². The molecule has 14 heavy (non-hydrogen) atoms. The van der Waals surface area contributed by atoms with Crippen molar-refractivity contribution in [1.82, 2.24) is 0 Å². The monoisotopic (exact) mass is 188 g/mol. The minimum Gasteiger partial charge on any atom is -0.491 e. The van der Waals surface area contributed by atoms with Crippen molar-refractivity contribution in [1.29, 1.82) is 0 Å². The summed E-state index contributed by atoms with van der Waals surface area (Å²) in [4.78, 5) is 5.64. The number of rotatable bonds is 1. The van der Waals surface area contributed by atoms with Gasteiger partial charge in [-0.25, -0.2) is 4.85 Å². The summed E-state index contributed by atoms with van der Waals surface area (Å²) in [5, 5.41) is 0. The van der Waals surface area contributed by atoms with Crippen LogP contribution in [0, 0.1) is 6.57 Å². The summed E-state index contributed by atoms with van der Waals surface area (Å²) < 4.78 is 5.51. The van der Waals surface area contributed by atoms with E-state index in [4.69, 9.17) is 11.3 Å². The summed E-state index contributed by atoms with van der Waals surface area (Å²) >= 11 is 0. The molecule has 0 N–H and O–H groups in total. The maximum Gasteiger partial charge on any atom is 0.191 e. The Balaban J connectivity index is 2.42. The third-order valence-electron chi connectivity index (χ3n) is 2.41. The number of ether oxygens (including phenoxy) is 1. The molecule has 1 aromatic carbocycles. The lowest BCUT2D eigenvalue weighted by Gasteiger charge is -2.30. The fourth-order valence-electron chi connectivity index (χ4n) is 1.66. The molecule has 2 rings (SSSR count). The Labute approximate surface area is 83.7 Å². The van der Waals surface area contributed by atoms with Crippen LogP contribution in [0.3, 0.4) is 0 Å². The fourth-order valence-corrected chi connectivity index (χ4v) is 1.66. The van der Waals surface area contributed by atoms with Gasteiger partial charge in [0, 0.05) is 6.54 Å². The van der Waals surface area contributed by atoms with Crippen LogP contribution in [0.2, 0.25) is 0 Å². The molecule has 1 aliphatic heterocycles. The zero-order chi connectivity index (χ0) is 9.97. The van der Waals surface area contributed by atoms with Crippen molar-refractivity contribution < 1.29 is 4.74 Å². The molecular formula is C11H12N2O. The van der Waals surface area contributed by atoms with Gasteiger partial charge < -0.3 is 9.64 Å². The van der Waals surface area contributed by atoms with Crippen LogP contribution in [0.5, 0.6) is 5.75 Å². The maximum absolute atomic E-state index is 6.91. The van der Waals surface area contributed by atoms with E-state index in [1.54, 1.807) is 0 Å². The second-order valence-corrected chi connectivity index (χ2v) is 3.19. The number of nitrogens with zero attached hydrogens (tertiary/aromatic N) is 2. The molecule has 72 valence electrons. The molecule has 0 saturated heterocycles. The highest BCUT2D eigenvalue weighted by Crippen LogP contribution is 2.34. The highest BCUT2D eigenvalue weighted by Gasteiger charge is 2.16. The average Bonchev–Trinajstić information content (AvgIpc) is 2.27. The van der Waals surface area contributed by atoms with Crippen LogP contribution >= 0.6 is 0 Å². The molecule has 1 aromatic rings. The van der Waals surface area contributed by atoms with E-state index >= 15 is 0 Å². The number of hydrogen-bond donors (Lipinski definition) is 0. The molecule has 3 nitrogen and oxygen atoms in total. The molecule has 0 aromatic heterocycles. The Morgan fingerprint density at radius 3 is 3.14 bits per heavy atom. The van der Waals surface area contributed by atoms with Crippen LogP contribution in [0.25, 0.3) is 4.85 Å². The SMILES string of the molecule is [C-]#[N+]c1ccc2c(c1)OCCN2CC. The summed E-state index contributed by atoms with van der Waals surface area (Å²) in [6.07, 6.45) is 0. The number of fused-ring (bicyclic) bond motifs is 1. The molecule has 1 aliphatic rings. The molecule has 0 radical (unpaired) electrons. The Kier molecular flexibility index (Phi) is 2.28. The van der Waals surface area contributed by atoms with Gasteiger partial charge in [0.15, 0.2) is 5.69 Å². The largest absolute Gasteiger partial charge is 0.491 e. The Bertz CT molecular complexity index is 381. The predicted molar refractivity (Wildman–Crippen MR) is 56.1 cm³/mol. The highest BCUT2D eigenvalue weighted by atomic mass is 16.5. The van der Waals surface area contributed by atoms with Gasteiger partial charge in [-0.1, -0.05) is 6.07 Å². The number of anilines is 1. The molecule has 0 aliphatic carbocycles. The van der Waals surface area contributed by atoms with Crippen molar-refractivity contribution in [2.24, 2.45) is 0 Å². The lowest BCUT2D eigenvalue weighted by atomic mass is 10.2. The zero-order valence-electron chi connectivity index (χ0n) is 8.16. The molecule has 1 heterocycles. The van der Waals surface area contributed by atoms with Crippen molar-refractivity contribution >= 4 is 11.4 Å².